The number of nitrogens with one attached hydrogen (secondary N) is 1. The zero-order valence-corrected chi connectivity index (χ0v) is 13.9. The number of likely N-dealkylation sites (tertiary alicyclic amines) is 2. The topological polar surface area (TPSA) is 55.8 Å². The van der Waals surface area contributed by atoms with Crippen molar-refractivity contribution in [1.29, 1.82) is 0 Å². The van der Waals surface area contributed by atoms with Crippen molar-refractivity contribution >= 4 is 11.6 Å². The normalized spacial score (nSPS) is 26.3. The van der Waals surface area contributed by atoms with Gasteiger partial charge in [-0.3, -0.25) is 14.6 Å². The number of rotatable bonds is 4. The molecule has 3 rings (SSSR count). The fourth-order valence-corrected chi connectivity index (χ4v) is 3.74. The van der Waals surface area contributed by atoms with E-state index in [9.17, 15) is 9.90 Å². The molecule has 1 amide bonds. The Hall–Kier alpha value is -1.43. The van der Waals surface area contributed by atoms with E-state index in [1.165, 1.54) is 31.7 Å². The van der Waals surface area contributed by atoms with Gasteiger partial charge in [0, 0.05) is 38.3 Å². The van der Waals surface area contributed by atoms with E-state index in [-0.39, 0.29) is 18.1 Å². The minimum Gasteiger partial charge on any atom is -0.390 e. The third kappa shape index (κ3) is 4.31. The second kappa shape index (κ2) is 7.43. The van der Waals surface area contributed by atoms with Crippen molar-refractivity contribution in [1.82, 2.24) is 9.80 Å². The summed E-state index contributed by atoms with van der Waals surface area (Å²) in [4.78, 5) is 15.8. The van der Waals surface area contributed by atoms with Gasteiger partial charge in [-0.2, -0.15) is 0 Å². The molecule has 2 saturated heterocycles. The van der Waals surface area contributed by atoms with Gasteiger partial charge in [0.05, 0.1) is 6.10 Å². The number of nitrogens with zero attached hydrogens (tertiary/aromatic N) is 2. The Morgan fingerprint density at radius 2 is 1.87 bits per heavy atom. The number of amides is 1. The highest BCUT2D eigenvalue weighted by atomic mass is 16.3. The minimum atomic E-state index is -0.244. The maximum Gasteiger partial charge on any atom is 0.221 e. The van der Waals surface area contributed by atoms with Crippen LogP contribution in [0.1, 0.15) is 31.7 Å². The lowest BCUT2D eigenvalue weighted by atomic mass is 10.1. The number of hydrogen-bond acceptors (Lipinski definition) is 4. The number of piperidine rings is 1. The Labute approximate surface area is 138 Å². The summed E-state index contributed by atoms with van der Waals surface area (Å²) in [7, 11) is 0. The number of hydrogen-bond donors (Lipinski definition) is 2. The van der Waals surface area contributed by atoms with E-state index in [1.54, 1.807) is 0 Å². The van der Waals surface area contributed by atoms with Gasteiger partial charge in [-0.05, 0) is 43.6 Å². The van der Waals surface area contributed by atoms with Gasteiger partial charge in [0.15, 0.2) is 0 Å². The van der Waals surface area contributed by atoms with Crippen LogP contribution >= 0.6 is 0 Å². The van der Waals surface area contributed by atoms with Crippen LogP contribution in [0.4, 0.5) is 5.69 Å². The monoisotopic (exact) mass is 317 g/mol. The number of anilines is 1. The summed E-state index contributed by atoms with van der Waals surface area (Å²) in [6.07, 6.45) is 3.59. The van der Waals surface area contributed by atoms with Gasteiger partial charge in [0.1, 0.15) is 0 Å². The molecule has 126 valence electrons. The molecule has 1 aromatic carbocycles. The van der Waals surface area contributed by atoms with Gasteiger partial charge < -0.3 is 10.4 Å². The summed E-state index contributed by atoms with van der Waals surface area (Å²) in [6.45, 7) is 6.30. The summed E-state index contributed by atoms with van der Waals surface area (Å²) in [5, 5.41) is 13.2. The van der Waals surface area contributed by atoms with Crippen molar-refractivity contribution in [2.24, 2.45) is 0 Å². The first-order valence-electron chi connectivity index (χ1n) is 8.63. The van der Waals surface area contributed by atoms with Crippen molar-refractivity contribution in [3.8, 4) is 0 Å². The Balaban J connectivity index is 1.55. The number of carbonyl (C=O) groups excluding carboxylic acids is 1. The molecule has 0 radical (unpaired) electrons. The van der Waals surface area contributed by atoms with E-state index in [0.717, 1.165) is 38.4 Å². The Kier molecular flexibility index (Phi) is 5.30. The van der Waals surface area contributed by atoms with E-state index >= 15 is 0 Å². The fraction of sp³-hybridized carbons (Fsp3) is 0.611. The molecule has 2 N–H and O–H groups in total. The third-order valence-corrected chi connectivity index (χ3v) is 4.87. The van der Waals surface area contributed by atoms with Crippen LogP contribution in [0.3, 0.4) is 0 Å². The number of aliphatic hydroxyl groups excluding tert-OH is 1. The largest absolute Gasteiger partial charge is 0.390 e. The van der Waals surface area contributed by atoms with Gasteiger partial charge in [-0.25, -0.2) is 0 Å². The summed E-state index contributed by atoms with van der Waals surface area (Å²) < 4.78 is 0. The van der Waals surface area contributed by atoms with Gasteiger partial charge in [-0.15, -0.1) is 0 Å². The van der Waals surface area contributed by atoms with Crippen LogP contribution < -0.4 is 5.32 Å². The highest BCUT2D eigenvalue weighted by Crippen LogP contribution is 2.22. The second-order valence-corrected chi connectivity index (χ2v) is 6.80. The molecule has 0 aromatic heterocycles. The first kappa shape index (κ1) is 16.4. The van der Waals surface area contributed by atoms with Crippen LogP contribution in [0.15, 0.2) is 24.3 Å². The standard InChI is InChI=1S/C18H27N3O2/c1-14(22)19-16-7-5-15(6-8-16)11-20-12-17(18(23)13-20)21-9-3-2-4-10-21/h5-8,17-18,23H,2-4,9-13H2,1H3,(H,19,22)/t17-,18-/m0/s1. The van der Waals surface area contributed by atoms with Gasteiger partial charge in [0.25, 0.3) is 0 Å². The summed E-state index contributed by atoms with van der Waals surface area (Å²) in [6, 6.07) is 8.25. The van der Waals surface area contributed by atoms with Crippen molar-refractivity contribution in [3.05, 3.63) is 29.8 Å². The van der Waals surface area contributed by atoms with E-state index in [2.05, 4.69) is 15.1 Å². The molecule has 23 heavy (non-hydrogen) atoms. The van der Waals surface area contributed by atoms with Crippen LogP contribution in [0, 0.1) is 0 Å². The van der Waals surface area contributed by atoms with Crippen LogP contribution in [0.5, 0.6) is 0 Å². The third-order valence-electron chi connectivity index (χ3n) is 4.87. The molecule has 0 saturated carbocycles. The van der Waals surface area contributed by atoms with Crippen LogP contribution in [-0.2, 0) is 11.3 Å². The summed E-state index contributed by atoms with van der Waals surface area (Å²) in [5.41, 5.74) is 2.04. The van der Waals surface area contributed by atoms with E-state index in [4.69, 9.17) is 0 Å². The minimum absolute atomic E-state index is 0.0511. The molecule has 0 bridgehead atoms. The zero-order valence-electron chi connectivity index (χ0n) is 13.9. The fourth-order valence-electron chi connectivity index (χ4n) is 3.74. The average molecular weight is 317 g/mol. The Bertz CT molecular complexity index is 526. The van der Waals surface area contributed by atoms with Crippen molar-refractivity contribution < 1.29 is 9.90 Å². The van der Waals surface area contributed by atoms with Gasteiger partial charge in [-0.1, -0.05) is 18.6 Å². The smallest absolute Gasteiger partial charge is 0.221 e. The lowest BCUT2D eigenvalue weighted by Gasteiger charge is -2.33. The lowest BCUT2D eigenvalue weighted by molar-refractivity contribution is -0.114. The molecule has 1 aromatic rings. The quantitative estimate of drug-likeness (QED) is 0.887. The molecule has 5 heteroatoms. The zero-order chi connectivity index (χ0) is 16.2. The predicted octanol–water partition coefficient (Wildman–Crippen LogP) is 1.68. The Morgan fingerprint density at radius 1 is 1.17 bits per heavy atom. The van der Waals surface area contributed by atoms with Crippen molar-refractivity contribution in [2.75, 3.05) is 31.5 Å². The van der Waals surface area contributed by atoms with Gasteiger partial charge >= 0.3 is 0 Å². The molecule has 0 aliphatic carbocycles. The molecular formula is C18H27N3O2. The van der Waals surface area contributed by atoms with E-state index in [1.807, 2.05) is 24.3 Å². The van der Waals surface area contributed by atoms with Crippen LogP contribution in [-0.4, -0.2) is 59.1 Å². The van der Waals surface area contributed by atoms with Crippen molar-refractivity contribution in [2.45, 2.75) is 44.9 Å². The number of β-amino-alcohol motifs (C(OH)–C–C–N with tert-alkyl or cyclic N) is 1. The molecule has 2 heterocycles. The predicted molar refractivity (Wildman–Crippen MR) is 91.2 cm³/mol. The molecule has 0 spiro atoms. The molecule has 2 aliphatic rings. The molecule has 2 fully saturated rings. The molecule has 0 unspecified atom stereocenters. The summed E-state index contributed by atoms with van der Waals surface area (Å²) >= 11 is 0. The van der Waals surface area contributed by atoms with Crippen LogP contribution in [0.2, 0.25) is 0 Å². The van der Waals surface area contributed by atoms with E-state index < -0.39 is 0 Å². The maximum atomic E-state index is 11.0. The van der Waals surface area contributed by atoms with Crippen LogP contribution in [0.25, 0.3) is 0 Å². The van der Waals surface area contributed by atoms with Crippen molar-refractivity contribution in [3.63, 3.8) is 0 Å². The maximum absolute atomic E-state index is 11.0. The molecule has 5 nitrogen and oxygen atoms in total. The Morgan fingerprint density at radius 3 is 2.52 bits per heavy atom. The summed E-state index contributed by atoms with van der Waals surface area (Å²) in [5.74, 6) is -0.0511. The number of carbonyl (C=O) groups is 1. The van der Waals surface area contributed by atoms with Gasteiger partial charge in [0.2, 0.25) is 5.91 Å². The lowest BCUT2D eigenvalue weighted by Crippen LogP contribution is -2.45. The second-order valence-electron chi connectivity index (χ2n) is 6.80. The van der Waals surface area contributed by atoms with E-state index in [0.29, 0.717) is 0 Å². The number of aliphatic hydroxyl groups is 1. The molecule has 2 atom stereocenters. The highest BCUT2D eigenvalue weighted by Gasteiger charge is 2.35. The molecule has 2 aliphatic heterocycles. The highest BCUT2D eigenvalue weighted by molar-refractivity contribution is 5.88. The number of benzene rings is 1. The molecular weight excluding hydrogens is 290 g/mol. The first-order chi connectivity index (χ1) is 11.1. The SMILES string of the molecule is CC(=O)Nc1ccc(CN2C[C@H](O)[C@@H](N3CCCCC3)C2)cc1. The average Bonchev–Trinajstić information content (AvgIpc) is 2.90. The first-order valence-corrected chi connectivity index (χ1v) is 8.63.